The van der Waals surface area contributed by atoms with Crippen molar-refractivity contribution in [2.45, 2.75) is 58.8 Å². The van der Waals surface area contributed by atoms with Gasteiger partial charge in [-0.2, -0.15) is 0 Å². The Kier molecular flexibility index (Phi) is 7.26. The molecule has 0 unspecified atom stereocenters. The molecule has 0 aliphatic rings. The fourth-order valence-corrected chi connectivity index (χ4v) is 3.52. The van der Waals surface area contributed by atoms with Gasteiger partial charge >= 0.3 is 0 Å². The van der Waals surface area contributed by atoms with E-state index in [0.717, 1.165) is 28.5 Å². The van der Waals surface area contributed by atoms with Gasteiger partial charge < -0.3 is 0 Å². The Morgan fingerprint density at radius 3 is 2.21 bits per heavy atom. The van der Waals surface area contributed by atoms with E-state index in [9.17, 15) is 4.39 Å². The van der Waals surface area contributed by atoms with Gasteiger partial charge in [0.15, 0.2) is 0 Å². The molecule has 0 aromatic heterocycles. The minimum atomic E-state index is -0.107. The van der Waals surface area contributed by atoms with Crippen LogP contribution in [-0.4, -0.2) is 0 Å². The molecule has 0 nitrogen and oxygen atoms in total. The summed E-state index contributed by atoms with van der Waals surface area (Å²) in [6.07, 6.45) is 8.41. The van der Waals surface area contributed by atoms with Gasteiger partial charge in [0.25, 0.3) is 0 Å². The average molecular weight is 373 g/mol. The number of unbranched alkanes of at least 4 members (excludes halogenated alkanes) is 4. The molecule has 3 rings (SSSR count). The lowest BCUT2D eigenvalue weighted by Crippen LogP contribution is -1.90. The molecule has 0 saturated carbocycles. The molecule has 0 saturated heterocycles. The van der Waals surface area contributed by atoms with Crippen LogP contribution in [0.2, 0.25) is 0 Å². The second kappa shape index (κ2) is 10.1. The zero-order valence-electron chi connectivity index (χ0n) is 17.0. The predicted molar refractivity (Wildman–Crippen MR) is 118 cm³/mol. The summed E-state index contributed by atoms with van der Waals surface area (Å²) in [5.74, 6) is 6.34. The van der Waals surface area contributed by atoms with Crippen molar-refractivity contribution in [3.8, 4) is 11.8 Å². The highest BCUT2D eigenvalue weighted by molar-refractivity contribution is 5.85. The normalized spacial score (nSPS) is 10.7. The maximum Gasteiger partial charge on any atom is 0.134 e. The summed E-state index contributed by atoms with van der Waals surface area (Å²) in [6, 6.07) is 18.1. The molecule has 0 N–H and O–H groups in total. The van der Waals surface area contributed by atoms with Gasteiger partial charge in [-0.15, -0.1) is 0 Å². The molecule has 0 aliphatic heterocycles. The lowest BCUT2D eigenvalue weighted by molar-refractivity contribution is 0.624. The van der Waals surface area contributed by atoms with Gasteiger partial charge in [-0.05, 0) is 60.0 Å². The monoisotopic (exact) mass is 372 g/mol. The van der Waals surface area contributed by atoms with Crippen molar-refractivity contribution in [2.75, 3.05) is 0 Å². The second-order valence-corrected chi connectivity index (χ2v) is 7.44. The van der Waals surface area contributed by atoms with Crippen LogP contribution in [0.4, 0.5) is 4.39 Å². The van der Waals surface area contributed by atoms with Crippen LogP contribution in [0, 0.1) is 17.7 Å². The van der Waals surface area contributed by atoms with Crippen LogP contribution in [0.1, 0.15) is 68.2 Å². The molecule has 144 valence electrons. The second-order valence-electron chi connectivity index (χ2n) is 7.44. The third-order valence-electron chi connectivity index (χ3n) is 5.29. The highest BCUT2D eigenvalue weighted by atomic mass is 19.1. The van der Waals surface area contributed by atoms with Gasteiger partial charge in [-0.3, -0.25) is 0 Å². The van der Waals surface area contributed by atoms with Crippen LogP contribution in [0.5, 0.6) is 0 Å². The molecule has 0 fully saturated rings. The Hall–Kier alpha value is -2.59. The van der Waals surface area contributed by atoms with Crippen molar-refractivity contribution in [3.05, 3.63) is 82.7 Å². The molecule has 3 aromatic carbocycles. The van der Waals surface area contributed by atoms with Crippen molar-refractivity contribution in [1.29, 1.82) is 0 Å². The van der Waals surface area contributed by atoms with Crippen molar-refractivity contribution in [2.24, 2.45) is 0 Å². The fraction of sp³-hybridized carbons (Fsp3) is 0.333. The number of aryl methyl sites for hydroxylation is 2. The Morgan fingerprint density at radius 2 is 1.46 bits per heavy atom. The summed E-state index contributed by atoms with van der Waals surface area (Å²) in [6.45, 7) is 4.22. The molecule has 0 aliphatic carbocycles. The van der Waals surface area contributed by atoms with Gasteiger partial charge in [-0.25, -0.2) is 4.39 Å². The first-order valence-corrected chi connectivity index (χ1v) is 10.5. The molecule has 0 radical (unpaired) electrons. The minimum Gasteiger partial charge on any atom is -0.206 e. The fourth-order valence-electron chi connectivity index (χ4n) is 3.52. The van der Waals surface area contributed by atoms with Gasteiger partial charge in [0.05, 0.1) is 0 Å². The molecular weight excluding hydrogens is 343 g/mol. The first kappa shape index (κ1) is 20.2. The third kappa shape index (κ3) is 5.23. The largest absolute Gasteiger partial charge is 0.206 e. The van der Waals surface area contributed by atoms with Crippen LogP contribution < -0.4 is 0 Å². The zero-order valence-corrected chi connectivity index (χ0v) is 17.0. The van der Waals surface area contributed by atoms with E-state index in [2.05, 4.69) is 43.0 Å². The van der Waals surface area contributed by atoms with Crippen LogP contribution in [0.15, 0.2) is 54.6 Å². The Labute approximate surface area is 168 Å². The quantitative estimate of drug-likeness (QED) is 0.298. The molecule has 0 spiro atoms. The summed E-state index contributed by atoms with van der Waals surface area (Å²) >= 11 is 0. The third-order valence-corrected chi connectivity index (χ3v) is 5.29. The predicted octanol–water partition coefficient (Wildman–Crippen LogP) is 7.45. The van der Waals surface area contributed by atoms with Crippen LogP contribution in [-0.2, 0) is 12.8 Å². The van der Waals surface area contributed by atoms with E-state index in [0.29, 0.717) is 11.8 Å². The number of fused-ring (bicyclic) bond motifs is 1. The maximum absolute atomic E-state index is 14.4. The zero-order chi connectivity index (χ0) is 19.8. The SMILES string of the molecule is CCCCCCCc1ccc(C#Cc2ccc3c(F)c(CC)ccc3c2)cc1. The van der Waals surface area contributed by atoms with Crippen LogP contribution >= 0.6 is 0 Å². The standard InChI is InChI=1S/C27H29F/c1-3-5-6-7-8-9-21-10-12-22(13-11-21)14-15-23-16-19-26-25(20-23)18-17-24(4-2)27(26)28/h10-13,16-20H,3-9H2,1-2H3. The van der Waals surface area contributed by atoms with Gasteiger partial charge in [0.2, 0.25) is 0 Å². The van der Waals surface area contributed by atoms with Crippen LogP contribution in [0.25, 0.3) is 10.8 Å². The Balaban J connectivity index is 1.66. The summed E-state index contributed by atoms with van der Waals surface area (Å²) < 4.78 is 14.4. The minimum absolute atomic E-state index is 0.107. The molecule has 0 amide bonds. The van der Waals surface area contributed by atoms with E-state index >= 15 is 0 Å². The summed E-state index contributed by atoms with van der Waals surface area (Å²) in [5, 5.41) is 1.58. The number of halogens is 1. The van der Waals surface area contributed by atoms with Crippen LogP contribution in [0.3, 0.4) is 0 Å². The summed E-state index contributed by atoms with van der Waals surface area (Å²) in [4.78, 5) is 0. The first-order valence-electron chi connectivity index (χ1n) is 10.5. The number of hydrogen-bond acceptors (Lipinski definition) is 0. The lowest BCUT2D eigenvalue weighted by atomic mass is 10.0. The highest BCUT2D eigenvalue weighted by Gasteiger charge is 2.05. The smallest absolute Gasteiger partial charge is 0.134 e. The summed E-state index contributed by atoms with van der Waals surface area (Å²) in [7, 11) is 0. The number of hydrogen-bond donors (Lipinski definition) is 0. The number of rotatable bonds is 7. The Bertz CT molecular complexity index is 971. The van der Waals surface area contributed by atoms with Crippen molar-refractivity contribution < 1.29 is 4.39 Å². The van der Waals surface area contributed by atoms with Gasteiger partial charge in [0, 0.05) is 16.5 Å². The number of benzene rings is 3. The van der Waals surface area contributed by atoms with Gasteiger partial charge in [-0.1, -0.05) is 81.7 Å². The average Bonchev–Trinajstić information content (AvgIpc) is 2.73. The molecule has 0 atom stereocenters. The van der Waals surface area contributed by atoms with Crippen molar-refractivity contribution in [3.63, 3.8) is 0 Å². The molecule has 1 heteroatoms. The topological polar surface area (TPSA) is 0 Å². The molecule has 28 heavy (non-hydrogen) atoms. The Morgan fingerprint density at radius 1 is 0.750 bits per heavy atom. The van der Waals surface area contributed by atoms with Crippen molar-refractivity contribution >= 4 is 10.8 Å². The first-order chi connectivity index (χ1) is 13.7. The summed E-state index contributed by atoms with van der Waals surface area (Å²) in [5.41, 5.74) is 4.07. The highest BCUT2D eigenvalue weighted by Crippen LogP contribution is 2.22. The lowest BCUT2D eigenvalue weighted by Gasteiger charge is -2.05. The van der Waals surface area contributed by atoms with E-state index < -0.39 is 0 Å². The van der Waals surface area contributed by atoms with E-state index in [1.807, 2.05) is 37.3 Å². The van der Waals surface area contributed by atoms with E-state index in [-0.39, 0.29) is 5.82 Å². The maximum atomic E-state index is 14.4. The molecule has 3 aromatic rings. The molecule has 0 heterocycles. The van der Waals surface area contributed by atoms with E-state index in [1.165, 1.54) is 37.7 Å². The van der Waals surface area contributed by atoms with Gasteiger partial charge in [0.1, 0.15) is 5.82 Å². The molecule has 0 bridgehead atoms. The van der Waals surface area contributed by atoms with Crippen molar-refractivity contribution in [1.82, 2.24) is 0 Å². The van der Waals surface area contributed by atoms with E-state index in [1.54, 1.807) is 0 Å². The molecular formula is C27H29F. The van der Waals surface area contributed by atoms with E-state index in [4.69, 9.17) is 0 Å².